The number of halogens is 1. The molecule has 0 spiro atoms. The van der Waals surface area contributed by atoms with E-state index in [0.717, 1.165) is 6.07 Å². The molecule has 0 unspecified atom stereocenters. The van der Waals surface area contributed by atoms with Crippen LogP contribution in [0.25, 0.3) is 0 Å². The van der Waals surface area contributed by atoms with Crippen molar-refractivity contribution in [2.45, 2.75) is 31.4 Å². The van der Waals surface area contributed by atoms with Crippen LogP contribution in [0.4, 0.5) is 0 Å². The van der Waals surface area contributed by atoms with Crippen LogP contribution in [0, 0.1) is 0 Å². The normalized spacial score (nSPS) is 11.2. The molecule has 30 heavy (non-hydrogen) atoms. The third-order valence-corrected chi connectivity index (χ3v) is 5.43. The summed E-state index contributed by atoms with van der Waals surface area (Å²) in [5, 5.41) is 0.534. The molecule has 0 saturated heterocycles. The molecule has 0 amide bonds. The predicted octanol–water partition coefficient (Wildman–Crippen LogP) is 2.94. The number of nitrogens with one attached hydrogen (secondary N) is 1. The van der Waals surface area contributed by atoms with Gasteiger partial charge in [0.2, 0.25) is 10.0 Å². The second-order valence-corrected chi connectivity index (χ2v) is 8.60. The van der Waals surface area contributed by atoms with Gasteiger partial charge in [0.15, 0.2) is 6.61 Å². The number of sulfonamides is 1. The Kier molecular flexibility index (Phi) is 8.22. The van der Waals surface area contributed by atoms with Crippen LogP contribution in [-0.4, -0.2) is 40.2 Å². The predicted molar refractivity (Wildman–Crippen MR) is 110 cm³/mol. The Labute approximate surface area is 180 Å². The van der Waals surface area contributed by atoms with Crippen molar-refractivity contribution in [3.63, 3.8) is 0 Å². The van der Waals surface area contributed by atoms with Crippen molar-refractivity contribution < 1.29 is 32.2 Å². The molecule has 2 rings (SSSR count). The lowest BCUT2D eigenvalue weighted by Gasteiger charge is -2.13. The molecular formula is C20H22ClNO7S. The molecule has 0 fully saturated rings. The minimum absolute atomic E-state index is 0.0123. The first-order chi connectivity index (χ1) is 14.1. The van der Waals surface area contributed by atoms with Crippen molar-refractivity contribution in [2.24, 2.45) is 0 Å². The van der Waals surface area contributed by atoms with E-state index >= 15 is 0 Å². The molecule has 162 valence electrons. The quantitative estimate of drug-likeness (QED) is 0.579. The van der Waals surface area contributed by atoms with Crippen molar-refractivity contribution in [2.75, 3.05) is 13.7 Å². The van der Waals surface area contributed by atoms with Gasteiger partial charge < -0.3 is 14.2 Å². The molecule has 0 aromatic heterocycles. The highest BCUT2D eigenvalue weighted by molar-refractivity contribution is 7.89. The highest BCUT2D eigenvalue weighted by atomic mass is 35.5. The first-order valence-electron chi connectivity index (χ1n) is 8.91. The van der Waals surface area contributed by atoms with Crippen LogP contribution in [0.15, 0.2) is 47.4 Å². The van der Waals surface area contributed by atoms with E-state index in [1.165, 1.54) is 19.2 Å². The van der Waals surface area contributed by atoms with Gasteiger partial charge in [0.05, 0.1) is 18.8 Å². The van der Waals surface area contributed by atoms with Crippen LogP contribution >= 0.6 is 11.6 Å². The van der Waals surface area contributed by atoms with E-state index in [1.807, 2.05) is 0 Å². The number of hydrogen-bond donors (Lipinski definition) is 1. The number of carbonyl (C=O) groups excluding carboxylic acids is 2. The molecule has 0 aliphatic heterocycles. The Morgan fingerprint density at radius 1 is 1.10 bits per heavy atom. The standard InChI is InChI=1S/C20H22ClNO7S/c1-13(2)29-19(23)12-28-20(24)15-6-9-17(27-3)18(10-15)30(25,26)22-11-14-4-7-16(21)8-5-14/h4-10,13,22H,11-12H2,1-3H3. The molecule has 0 bridgehead atoms. The zero-order valence-electron chi connectivity index (χ0n) is 16.7. The molecule has 8 nitrogen and oxygen atoms in total. The van der Waals surface area contributed by atoms with Gasteiger partial charge in [0.1, 0.15) is 10.6 Å². The average molecular weight is 456 g/mol. The van der Waals surface area contributed by atoms with Crippen LogP contribution in [0.1, 0.15) is 29.8 Å². The van der Waals surface area contributed by atoms with Gasteiger partial charge in [0.25, 0.3) is 0 Å². The summed E-state index contributed by atoms with van der Waals surface area (Å²) in [6.45, 7) is 2.76. The smallest absolute Gasteiger partial charge is 0.344 e. The number of esters is 2. The molecule has 1 N–H and O–H groups in total. The minimum Gasteiger partial charge on any atom is -0.495 e. The average Bonchev–Trinajstić information content (AvgIpc) is 2.70. The largest absolute Gasteiger partial charge is 0.495 e. The Balaban J connectivity index is 2.16. The third-order valence-electron chi connectivity index (χ3n) is 3.76. The summed E-state index contributed by atoms with van der Waals surface area (Å²) in [4.78, 5) is 23.5. The van der Waals surface area contributed by atoms with Crippen LogP contribution in [-0.2, 0) is 30.8 Å². The van der Waals surface area contributed by atoms with E-state index < -0.39 is 28.6 Å². The van der Waals surface area contributed by atoms with E-state index in [1.54, 1.807) is 38.1 Å². The van der Waals surface area contributed by atoms with Gasteiger partial charge in [-0.2, -0.15) is 0 Å². The molecule has 0 saturated carbocycles. The fourth-order valence-electron chi connectivity index (χ4n) is 2.38. The molecular weight excluding hydrogens is 434 g/mol. The Bertz CT molecular complexity index is 1000. The first-order valence-corrected chi connectivity index (χ1v) is 10.8. The number of methoxy groups -OCH3 is 1. The Hall–Kier alpha value is -2.62. The van der Waals surface area contributed by atoms with Gasteiger partial charge in [-0.1, -0.05) is 23.7 Å². The highest BCUT2D eigenvalue weighted by Gasteiger charge is 2.22. The van der Waals surface area contributed by atoms with Crippen molar-refractivity contribution >= 4 is 33.6 Å². The van der Waals surface area contributed by atoms with Gasteiger partial charge in [0, 0.05) is 11.6 Å². The van der Waals surface area contributed by atoms with Crippen LogP contribution in [0.3, 0.4) is 0 Å². The monoisotopic (exact) mass is 455 g/mol. The van der Waals surface area contributed by atoms with Gasteiger partial charge in [-0.25, -0.2) is 22.7 Å². The molecule has 2 aromatic rings. The van der Waals surface area contributed by atoms with Crippen LogP contribution in [0.2, 0.25) is 5.02 Å². The maximum absolute atomic E-state index is 12.8. The summed E-state index contributed by atoms with van der Waals surface area (Å²) in [5.41, 5.74) is 0.640. The summed E-state index contributed by atoms with van der Waals surface area (Å²) in [6.07, 6.45) is -0.347. The van der Waals surface area contributed by atoms with Crippen molar-refractivity contribution in [3.05, 3.63) is 58.6 Å². The molecule has 2 aromatic carbocycles. The zero-order chi connectivity index (χ0) is 22.3. The zero-order valence-corrected chi connectivity index (χ0v) is 18.2. The summed E-state index contributed by atoms with van der Waals surface area (Å²) in [5.74, 6) is -1.52. The molecule has 0 atom stereocenters. The molecule has 0 radical (unpaired) electrons. The minimum atomic E-state index is -4.02. The summed E-state index contributed by atoms with van der Waals surface area (Å²) in [6, 6.07) is 10.5. The van der Waals surface area contributed by atoms with Gasteiger partial charge in [-0.15, -0.1) is 0 Å². The number of rotatable bonds is 9. The van der Waals surface area contributed by atoms with E-state index in [-0.39, 0.29) is 28.9 Å². The molecule has 0 heterocycles. The SMILES string of the molecule is COc1ccc(C(=O)OCC(=O)OC(C)C)cc1S(=O)(=O)NCc1ccc(Cl)cc1. The maximum Gasteiger partial charge on any atom is 0.344 e. The lowest BCUT2D eigenvalue weighted by Crippen LogP contribution is -2.24. The van der Waals surface area contributed by atoms with Crippen LogP contribution in [0.5, 0.6) is 5.75 Å². The second kappa shape index (κ2) is 10.4. The van der Waals surface area contributed by atoms with Crippen LogP contribution < -0.4 is 9.46 Å². The maximum atomic E-state index is 12.8. The fraction of sp³-hybridized carbons (Fsp3) is 0.300. The highest BCUT2D eigenvalue weighted by Crippen LogP contribution is 2.25. The van der Waals surface area contributed by atoms with Gasteiger partial charge in [-0.05, 0) is 49.7 Å². The number of benzene rings is 2. The topological polar surface area (TPSA) is 108 Å². The van der Waals surface area contributed by atoms with E-state index in [0.29, 0.717) is 10.6 Å². The van der Waals surface area contributed by atoms with E-state index in [9.17, 15) is 18.0 Å². The molecule has 0 aliphatic carbocycles. The number of carbonyl (C=O) groups is 2. The second-order valence-electron chi connectivity index (χ2n) is 6.43. The lowest BCUT2D eigenvalue weighted by atomic mass is 10.2. The Morgan fingerprint density at radius 2 is 1.77 bits per heavy atom. The fourth-order valence-corrected chi connectivity index (χ4v) is 3.71. The molecule has 0 aliphatic rings. The number of ether oxygens (including phenoxy) is 3. The first kappa shape index (κ1) is 23.7. The lowest BCUT2D eigenvalue weighted by molar-refractivity contribution is -0.150. The van der Waals surface area contributed by atoms with Gasteiger partial charge >= 0.3 is 11.9 Å². The van der Waals surface area contributed by atoms with Gasteiger partial charge in [-0.3, -0.25) is 0 Å². The number of hydrogen-bond acceptors (Lipinski definition) is 7. The summed E-state index contributed by atoms with van der Waals surface area (Å²) in [7, 11) is -2.71. The van der Waals surface area contributed by atoms with Crippen molar-refractivity contribution in [1.29, 1.82) is 0 Å². The third kappa shape index (κ3) is 6.72. The molecule has 10 heteroatoms. The van der Waals surface area contributed by atoms with E-state index in [4.69, 9.17) is 25.8 Å². The van der Waals surface area contributed by atoms with Crippen molar-refractivity contribution in [1.82, 2.24) is 4.72 Å². The summed E-state index contributed by atoms with van der Waals surface area (Å²) < 4.78 is 42.9. The van der Waals surface area contributed by atoms with E-state index in [2.05, 4.69) is 4.72 Å². The van der Waals surface area contributed by atoms with Crippen molar-refractivity contribution in [3.8, 4) is 5.75 Å². The Morgan fingerprint density at radius 3 is 2.37 bits per heavy atom. The summed E-state index contributed by atoms with van der Waals surface area (Å²) >= 11 is 5.83.